The number of anilines is 1. The lowest BCUT2D eigenvalue weighted by molar-refractivity contribution is 0.0919. The summed E-state index contributed by atoms with van der Waals surface area (Å²) in [4.78, 5) is 42.7. The number of pyridine rings is 1. The standard InChI is InChI=1S/C21H15N3O3/c25-19(23-13-14-8-10-22-11-9-14)15-4-3-5-16(12-15)24-20(26)17-6-1-2-7-18(17)21(24)27/h1-12H,13H2,(H,23,25). The van der Waals surface area contributed by atoms with Crippen LogP contribution in [-0.4, -0.2) is 22.7 Å². The van der Waals surface area contributed by atoms with Gasteiger partial charge in [0.25, 0.3) is 17.7 Å². The number of rotatable bonds is 4. The van der Waals surface area contributed by atoms with E-state index in [9.17, 15) is 14.4 Å². The molecule has 6 nitrogen and oxygen atoms in total. The summed E-state index contributed by atoms with van der Waals surface area (Å²) in [7, 11) is 0. The van der Waals surface area contributed by atoms with Crippen molar-refractivity contribution in [1.29, 1.82) is 0 Å². The van der Waals surface area contributed by atoms with Crippen LogP contribution in [0.4, 0.5) is 5.69 Å². The lowest BCUT2D eigenvalue weighted by Gasteiger charge is -2.15. The minimum Gasteiger partial charge on any atom is -0.348 e. The van der Waals surface area contributed by atoms with E-state index in [1.165, 1.54) is 0 Å². The van der Waals surface area contributed by atoms with Gasteiger partial charge in [-0.05, 0) is 48.0 Å². The van der Waals surface area contributed by atoms with E-state index in [4.69, 9.17) is 0 Å². The number of hydrogen-bond acceptors (Lipinski definition) is 4. The Morgan fingerprint density at radius 3 is 2.22 bits per heavy atom. The first-order valence-corrected chi connectivity index (χ1v) is 8.40. The Kier molecular flexibility index (Phi) is 4.22. The zero-order valence-corrected chi connectivity index (χ0v) is 14.3. The molecule has 0 spiro atoms. The van der Waals surface area contributed by atoms with Gasteiger partial charge in [0.1, 0.15) is 0 Å². The summed E-state index contributed by atoms with van der Waals surface area (Å²) in [6, 6.07) is 16.8. The fourth-order valence-electron chi connectivity index (χ4n) is 3.00. The molecular weight excluding hydrogens is 342 g/mol. The van der Waals surface area contributed by atoms with Crippen LogP contribution >= 0.6 is 0 Å². The molecule has 27 heavy (non-hydrogen) atoms. The number of hydrogen-bond donors (Lipinski definition) is 1. The van der Waals surface area contributed by atoms with Gasteiger partial charge in [0.15, 0.2) is 0 Å². The van der Waals surface area contributed by atoms with Crippen molar-refractivity contribution in [3.63, 3.8) is 0 Å². The molecule has 1 N–H and O–H groups in total. The fourth-order valence-corrected chi connectivity index (χ4v) is 3.00. The molecular formula is C21H15N3O3. The van der Waals surface area contributed by atoms with E-state index in [2.05, 4.69) is 10.3 Å². The highest BCUT2D eigenvalue weighted by Crippen LogP contribution is 2.28. The molecule has 0 saturated heterocycles. The van der Waals surface area contributed by atoms with E-state index < -0.39 is 0 Å². The maximum Gasteiger partial charge on any atom is 0.266 e. The van der Waals surface area contributed by atoms with Crippen molar-refractivity contribution in [3.8, 4) is 0 Å². The van der Waals surface area contributed by atoms with Crippen LogP contribution in [0, 0.1) is 0 Å². The molecule has 4 rings (SSSR count). The number of carbonyl (C=O) groups excluding carboxylic acids is 3. The van der Waals surface area contributed by atoms with Gasteiger partial charge < -0.3 is 5.32 Å². The molecule has 1 aliphatic rings. The van der Waals surface area contributed by atoms with Gasteiger partial charge in [0.2, 0.25) is 0 Å². The second kappa shape index (κ2) is 6.84. The molecule has 0 radical (unpaired) electrons. The second-order valence-corrected chi connectivity index (χ2v) is 6.08. The summed E-state index contributed by atoms with van der Waals surface area (Å²) in [6.07, 6.45) is 3.31. The number of carbonyl (C=O) groups is 3. The molecule has 3 aromatic rings. The first-order valence-electron chi connectivity index (χ1n) is 8.40. The van der Waals surface area contributed by atoms with E-state index in [0.717, 1.165) is 10.5 Å². The minimum atomic E-state index is -0.384. The summed E-state index contributed by atoms with van der Waals surface area (Å²) >= 11 is 0. The number of aromatic nitrogens is 1. The van der Waals surface area contributed by atoms with Crippen LogP contribution in [0.15, 0.2) is 73.1 Å². The largest absolute Gasteiger partial charge is 0.348 e. The molecule has 0 fully saturated rings. The van der Waals surface area contributed by atoms with Crippen molar-refractivity contribution in [1.82, 2.24) is 10.3 Å². The monoisotopic (exact) mass is 357 g/mol. The maximum atomic E-state index is 12.6. The number of imide groups is 1. The van der Waals surface area contributed by atoms with Gasteiger partial charge in [-0.3, -0.25) is 19.4 Å². The molecule has 0 saturated carbocycles. The maximum absolute atomic E-state index is 12.6. The highest BCUT2D eigenvalue weighted by molar-refractivity contribution is 6.34. The number of amides is 3. The zero-order chi connectivity index (χ0) is 18.8. The van der Waals surface area contributed by atoms with Crippen molar-refractivity contribution >= 4 is 23.4 Å². The van der Waals surface area contributed by atoms with Gasteiger partial charge in [0.05, 0.1) is 16.8 Å². The van der Waals surface area contributed by atoms with Crippen molar-refractivity contribution in [2.75, 3.05) is 4.90 Å². The van der Waals surface area contributed by atoms with E-state index in [-0.39, 0.29) is 17.7 Å². The average Bonchev–Trinajstić information content (AvgIpc) is 2.98. The van der Waals surface area contributed by atoms with E-state index in [0.29, 0.717) is 28.9 Å². The molecule has 0 aliphatic carbocycles. The minimum absolute atomic E-state index is 0.287. The van der Waals surface area contributed by atoms with Gasteiger partial charge in [-0.25, -0.2) is 4.90 Å². The quantitative estimate of drug-likeness (QED) is 0.728. The third kappa shape index (κ3) is 3.08. The van der Waals surface area contributed by atoms with Crippen LogP contribution in [0.1, 0.15) is 36.6 Å². The highest BCUT2D eigenvalue weighted by Gasteiger charge is 2.36. The van der Waals surface area contributed by atoms with Crippen LogP contribution in [-0.2, 0) is 6.54 Å². The van der Waals surface area contributed by atoms with Crippen molar-refractivity contribution in [3.05, 3.63) is 95.3 Å². The molecule has 0 bridgehead atoms. The Balaban J connectivity index is 1.56. The SMILES string of the molecule is O=C(NCc1ccncc1)c1cccc(N2C(=O)c3ccccc3C2=O)c1. The third-order valence-corrected chi connectivity index (χ3v) is 4.36. The molecule has 2 heterocycles. The second-order valence-electron chi connectivity index (χ2n) is 6.08. The van der Waals surface area contributed by atoms with E-state index >= 15 is 0 Å². The van der Waals surface area contributed by atoms with Crippen LogP contribution in [0.25, 0.3) is 0 Å². The number of nitrogens with zero attached hydrogens (tertiary/aromatic N) is 2. The number of benzene rings is 2. The van der Waals surface area contributed by atoms with Gasteiger partial charge in [0, 0.05) is 24.5 Å². The van der Waals surface area contributed by atoms with Crippen LogP contribution in [0.3, 0.4) is 0 Å². The van der Waals surface area contributed by atoms with Crippen LogP contribution < -0.4 is 10.2 Å². The van der Waals surface area contributed by atoms with Gasteiger partial charge in [-0.1, -0.05) is 18.2 Å². The fraction of sp³-hybridized carbons (Fsp3) is 0.0476. The Hall–Kier alpha value is -3.80. The number of nitrogens with one attached hydrogen (secondary N) is 1. The lowest BCUT2D eigenvalue weighted by Crippen LogP contribution is -2.30. The third-order valence-electron chi connectivity index (χ3n) is 4.36. The molecule has 3 amide bonds. The Morgan fingerprint density at radius 1 is 0.889 bits per heavy atom. The summed E-state index contributed by atoms with van der Waals surface area (Å²) in [5.41, 5.74) is 2.41. The van der Waals surface area contributed by atoms with Crippen molar-refractivity contribution in [2.24, 2.45) is 0 Å². The normalized spacial score (nSPS) is 12.8. The Bertz CT molecular complexity index is 1010. The molecule has 2 aromatic carbocycles. The zero-order valence-electron chi connectivity index (χ0n) is 14.3. The summed E-state index contributed by atoms with van der Waals surface area (Å²) in [5, 5.41) is 2.82. The molecule has 1 aliphatic heterocycles. The smallest absolute Gasteiger partial charge is 0.266 e. The van der Waals surface area contributed by atoms with E-state index in [1.807, 2.05) is 12.1 Å². The summed E-state index contributed by atoms with van der Waals surface area (Å²) in [6.45, 7) is 0.360. The number of fused-ring (bicyclic) bond motifs is 1. The van der Waals surface area contributed by atoms with Gasteiger partial charge in [-0.15, -0.1) is 0 Å². The van der Waals surface area contributed by atoms with E-state index in [1.54, 1.807) is 60.9 Å². The predicted molar refractivity (Wildman–Crippen MR) is 99.4 cm³/mol. The molecule has 0 atom stereocenters. The van der Waals surface area contributed by atoms with Crippen LogP contribution in [0.2, 0.25) is 0 Å². The van der Waals surface area contributed by atoms with Crippen LogP contribution in [0.5, 0.6) is 0 Å². The average molecular weight is 357 g/mol. The Labute approximate surface area is 155 Å². The topological polar surface area (TPSA) is 79.4 Å². The lowest BCUT2D eigenvalue weighted by atomic mass is 10.1. The molecule has 132 valence electrons. The first-order chi connectivity index (χ1) is 13.1. The first kappa shape index (κ1) is 16.7. The summed E-state index contributed by atoms with van der Waals surface area (Å²) < 4.78 is 0. The Morgan fingerprint density at radius 2 is 1.56 bits per heavy atom. The highest BCUT2D eigenvalue weighted by atomic mass is 16.2. The van der Waals surface area contributed by atoms with Crippen molar-refractivity contribution < 1.29 is 14.4 Å². The van der Waals surface area contributed by atoms with Gasteiger partial charge >= 0.3 is 0 Å². The summed E-state index contributed by atoms with van der Waals surface area (Å²) in [5.74, 6) is -1.06. The van der Waals surface area contributed by atoms with Gasteiger partial charge in [-0.2, -0.15) is 0 Å². The molecule has 6 heteroatoms. The molecule has 1 aromatic heterocycles. The predicted octanol–water partition coefficient (Wildman–Crippen LogP) is 2.81. The molecule has 0 unspecified atom stereocenters. The van der Waals surface area contributed by atoms with Crippen molar-refractivity contribution in [2.45, 2.75) is 6.54 Å².